The van der Waals surface area contributed by atoms with Gasteiger partial charge < -0.3 is 10.8 Å². The van der Waals surface area contributed by atoms with Gasteiger partial charge in [0.2, 0.25) is 0 Å². The molecule has 0 amide bonds. The van der Waals surface area contributed by atoms with Crippen LogP contribution in [0.4, 0.5) is 0 Å². The fraction of sp³-hybridized carbons (Fsp3) is 0.400. The first kappa shape index (κ1) is 7.17. The molecular formula is C5H9NO2. The van der Waals surface area contributed by atoms with E-state index in [0.717, 1.165) is 0 Å². The van der Waals surface area contributed by atoms with E-state index in [4.69, 9.17) is 10.8 Å². The lowest BCUT2D eigenvalue weighted by Gasteiger charge is -2.01. The first-order valence-corrected chi connectivity index (χ1v) is 2.19. The number of hydrogen-bond donors (Lipinski definition) is 2. The van der Waals surface area contributed by atoms with Gasteiger partial charge in [0.1, 0.15) is 6.04 Å². The van der Waals surface area contributed by atoms with Crippen LogP contribution in [-0.2, 0) is 4.79 Å². The van der Waals surface area contributed by atoms with E-state index in [1.165, 1.54) is 0 Å². The van der Waals surface area contributed by atoms with Gasteiger partial charge in [0, 0.05) is 0 Å². The van der Waals surface area contributed by atoms with Crippen molar-refractivity contribution in [2.45, 2.75) is 13.0 Å². The van der Waals surface area contributed by atoms with Gasteiger partial charge in [0.05, 0.1) is 0 Å². The van der Waals surface area contributed by atoms with Crippen LogP contribution in [0.25, 0.3) is 0 Å². The lowest BCUT2D eigenvalue weighted by molar-refractivity contribution is -0.137. The molecule has 46 valence electrons. The van der Waals surface area contributed by atoms with E-state index in [1.807, 2.05) is 0 Å². The molecule has 0 radical (unpaired) electrons. The van der Waals surface area contributed by atoms with Gasteiger partial charge >= 0.3 is 5.97 Å². The number of carbonyl (C=O) groups is 1. The van der Waals surface area contributed by atoms with Crippen LogP contribution in [0.15, 0.2) is 12.2 Å². The quantitative estimate of drug-likeness (QED) is 0.497. The van der Waals surface area contributed by atoms with Gasteiger partial charge in [-0.05, 0) is 6.92 Å². The van der Waals surface area contributed by atoms with E-state index in [1.54, 1.807) is 6.92 Å². The van der Waals surface area contributed by atoms with E-state index in [2.05, 4.69) is 6.58 Å². The van der Waals surface area contributed by atoms with E-state index >= 15 is 0 Å². The molecule has 3 N–H and O–H groups in total. The Balaban J connectivity index is 3.83. The minimum absolute atomic E-state index is 0.470. The summed E-state index contributed by atoms with van der Waals surface area (Å²) in [7, 11) is 0. The zero-order valence-corrected chi connectivity index (χ0v) is 4.72. The Hall–Kier alpha value is -0.830. The Labute approximate surface area is 47.8 Å². The highest BCUT2D eigenvalue weighted by molar-refractivity contribution is 5.76. The molecule has 0 aliphatic heterocycles. The maximum Gasteiger partial charge on any atom is 0.324 e. The summed E-state index contributed by atoms with van der Waals surface area (Å²) in [5, 5.41) is 8.17. The Bertz CT molecular complexity index is 106. The van der Waals surface area contributed by atoms with Crippen molar-refractivity contribution >= 4 is 5.97 Å². The summed E-state index contributed by atoms with van der Waals surface area (Å²) < 4.78 is 0. The first-order valence-electron chi connectivity index (χ1n) is 2.19. The van der Waals surface area contributed by atoms with Gasteiger partial charge in [-0.3, -0.25) is 4.79 Å². The maximum atomic E-state index is 9.95. The van der Waals surface area contributed by atoms with E-state index < -0.39 is 12.0 Å². The second-order valence-corrected chi connectivity index (χ2v) is 1.66. The molecule has 0 aromatic heterocycles. The monoisotopic (exact) mass is 115 g/mol. The van der Waals surface area contributed by atoms with E-state index in [0.29, 0.717) is 5.57 Å². The molecule has 0 rings (SSSR count). The molecule has 0 aromatic carbocycles. The molecule has 8 heavy (non-hydrogen) atoms. The van der Waals surface area contributed by atoms with E-state index in [-0.39, 0.29) is 0 Å². The van der Waals surface area contributed by atoms with Crippen molar-refractivity contribution in [2.24, 2.45) is 5.73 Å². The third-order valence-electron chi connectivity index (χ3n) is 0.797. The number of aliphatic carboxylic acids is 1. The summed E-state index contributed by atoms with van der Waals surface area (Å²) in [5.41, 5.74) is 5.53. The predicted molar refractivity (Wildman–Crippen MR) is 30.4 cm³/mol. The summed E-state index contributed by atoms with van der Waals surface area (Å²) in [5.74, 6) is -1.03. The summed E-state index contributed by atoms with van der Waals surface area (Å²) in [6.07, 6.45) is 0. The molecule has 3 nitrogen and oxygen atoms in total. The predicted octanol–water partition coefficient (Wildman–Crippen LogP) is -0.0256. The van der Waals surface area contributed by atoms with Crippen LogP contribution in [0.3, 0.4) is 0 Å². The van der Waals surface area contributed by atoms with Crippen molar-refractivity contribution in [3.8, 4) is 0 Å². The van der Waals surface area contributed by atoms with Crippen molar-refractivity contribution < 1.29 is 9.90 Å². The lowest BCUT2D eigenvalue weighted by Crippen LogP contribution is -2.30. The normalized spacial score (nSPS) is 12.8. The van der Waals surface area contributed by atoms with Crippen LogP contribution in [0.1, 0.15) is 6.92 Å². The molecule has 0 bridgehead atoms. The average Bonchev–Trinajstić information content (AvgIpc) is 1.64. The van der Waals surface area contributed by atoms with Crippen LogP contribution in [0.5, 0.6) is 0 Å². The molecule has 0 aliphatic rings. The highest BCUT2D eigenvalue weighted by Crippen LogP contribution is 1.91. The van der Waals surface area contributed by atoms with Gasteiger partial charge in [-0.15, -0.1) is 0 Å². The van der Waals surface area contributed by atoms with Crippen molar-refractivity contribution in [1.29, 1.82) is 0 Å². The molecule has 1 unspecified atom stereocenters. The third kappa shape index (κ3) is 1.75. The summed E-state index contributed by atoms with van der Waals surface area (Å²) in [4.78, 5) is 9.95. The second-order valence-electron chi connectivity index (χ2n) is 1.66. The van der Waals surface area contributed by atoms with Gasteiger partial charge in [-0.2, -0.15) is 0 Å². The number of nitrogens with two attached hydrogens (primary N) is 1. The summed E-state index contributed by atoms with van der Waals surface area (Å²) >= 11 is 0. The van der Waals surface area contributed by atoms with Crippen LogP contribution < -0.4 is 5.73 Å². The summed E-state index contributed by atoms with van der Waals surface area (Å²) in [6, 6.07) is -0.907. The van der Waals surface area contributed by atoms with Crippen molar-refractivity contribution in [1.82, 2.24) is 0 Å². The molecule has 0 aromatic rings. The molecule has 0 aliphatic carbocycles. The minimum atomic E-state index is -1.03. The SMILES string of the molecule is C=C(C)C(N)C(=O)O. The molecule has 0 spiro atoms. The van der Waals surface area contributed by atoms with Gasteiger partial charge in [-0.1, -0.05) is 12.2 Å². The lowest BCUT2D eigenvalue weighted by atomic mass is 10.2. The zero-order valence-electron chi connectivity index (χ0n) is 4.72. The minimum Gasteiger partial charge on any atom is -0.480 e. The van der Waals surface area contributed by atoms with Gasteiger partial charge in [-0.25, -0.2) is 0 Å². The molecule has 1 atom stereocenters. The Kier molecular flexibility index (Phi) is 2.21. The van der Waals surface area contributed by atoms with Crippen molar-refractivity contribution in [2.75, 3.05) is 0 Å². The number of rotatable bonds is 2. The van der Waals surface area contributed by atoms with E-state index in [9.17, 15) is 4.79 Å². The fourth-order valence-corrected chi connectivity index (χ4v) is 0.211. The molecule has 0 saturated carbocycles. The highest BCUT2D eigenvalue weighted by atomic mass is 16.4. The van der Waals surface area contributed by atoms with Gasteiger partial charge in [0.15, 0.2) is 0 Å². The topological polar surface area (TPSA) is 63.3 Å². The Morgan fingerprint density at radius 3 is 2.25 bits per heavy atom. The zero-order chi connectivity index (χ0) is 6.73. The smallest absolute Gasteiger partial charge is 0.324 e. The van der Waals surface area contributed by atoms with Crippen LogP contribution in [-0.4, -0.2) is 17.1 Å². The molecular weight excluding hydrogens is 106 g/mol. The largest absolute Gasteiger partial charge is 0.480 e. The summed E-state index contributed by atoms with van der Waals surface area (Å²) in [6.45, 7) is 4.95. The Morgan fingerprint density at radius 1 is 1.88 bits per heavy atom. The van der Waals surface area contributed by atoms with Crippen LogP contribution >= 0.6 is 0 Å². The number of carboxylic acid groups (broad SMARTS) is 1. The first-order chi connectivity index (χ1) is 3.55. The molecule has 0 heterocycles. The highest BCUT2D eigenvalue weighted by Gasteiger charge is 2.09. The average molecular weight is 115 g/mol. The number of hydrogen-bond acceptors (Lipinski definition) is 2. The Morgan fingerprint density at radius 2 is 2.25 bits per heavy atom. The third-order valence-corrected chi connectivity index (χ3v) is 0.797. The molecule has 3 heteroatoms. The second kappa shape index (κ2) is 2.47. The fourth-order valence-electron chi connectivity index (χ4n) is 0.211. The van der Waals surface area contributed by atoms with Gasteiger partial charge in [0.25, 0.3) is 0 Å². The molecule has 0 saturated heterocycles. The molecule has 0 fully saturated rings. The maximum absolute atomic E-state index is 9.95. The van der Waals surface area contributed by atoms with Crippen molar-refractivity contribution in [3.05, 3.63) is 12.2 Å². The van der Waals surface area contributed by atoms with Crippen LogP contribution in [0.2, 0.25) is 0 Å². The van der Waals surface area contributed by atoms with Crippen molar-refractivity contribution in [3.63, 3.8) is 0 Å². The van der Waals surface area contributed by atoms with Crippen LogP contribution in [0, 0.1) is 0 Å². The standard InChI is InChI=1S/C5H9NO2/c1-3(2)4(6)5(7)8/h4H,1,6H2,2H3,(H,7,8). The number of carboxylic acids is 1.